The zero-order valence-corrected chi connectivity index (χ0v) is 20.5. The highest BCUT2D eigenvalue weighted by atomic mass is 32.2. The largest absolute Gasteiger partial charge is 0.302 e. The number of hydrogen-bond donors (Lipinski definition) is 1. The highest BCUT2D eigenvalue weighted by Gasteiger charge is 2.20. The Balaban J connectivity index is 1.65. The normalized spacial score (nSPS) is 11.5. The molecule has 3 heterocycles. The van der Waals surface area contributed by atoms with Gasteiger partial charge in [-0.15, -0.1) is 21.5 Å². The maximum absolute atomic E-state index is 13.6. The van der Waals surface area contributed by atoms with Crippen molar-refractivity contribution < 1.29 is 4.79 Å². The van der Waals surface area contributed by atoms with Gasteiger partial charge in [0, 0.05) is 18.1 Å². The summed E-state index contributed by atoms with van der Waals surface area (Å²) in [6.07, 6.45) is 0. The maximum atomic E-state index is 13.6. The van der Waals surface area contributed by atoms with E-state index in [1.807, 2.05) is 58.3 Å². The molecule has 34 heavy (non-hydrogen) atoms. The lowest BCUT2D eigenvalue weighted by Gasteiger charge is -2.16. The van der Waals surface area contributed by atoms with Gasteiger partial charge in [0.1, 0.15) is 0 Å². The number of para-hydroxylation sites is 2. The highest BCUT2D eigenvalue weighted by Crippen LogP contribution is 2.29. The second-order valence-electron chi connectivity index (χ2n) is 8.10. The number of rotatable bonds is 6. The Hall–Kier alpha value is -3.50. The van der Waals surface area contributed by atoms with E-state index >= 15 is 0 Å². The molecule has 3 aromatic heterocycles. The molecule has 0 spiro atoms. The summed E-state index contributed by atoms with van der Waals surface area (Å²) in [6, 6.07) is 15.4. The molecule has 0 aliphatic heterocycles. The Kier molecular flexibility index (Phi) is 5.93. The number of carbonyl (C=O) groups excluding carboxylic acids is 1. The number of thioether (sulfide) groups is 1. The first-order valence-corrected chi connectivity index (χ1v) is 12.6. The van der Waals surface area contributed by atoms with Gasteiger partial charge in [0.25, 0.3) is 5.56 Å². The van der Waals surface area contributed by atoms with Gasteiger partial charge in [-0.25, -0.2) is 9.55 Å². The minimum Gasteiger partial charge on any atom is -0.302 e. The van der Waals surface area contributed by atoms with Crippen LogP contribution in [0.3, 0.4) is 0 Å². The van der Waals surface area contributed by atoms with E-state index in [9.17, 15) is 9.59 Å². The molecular formula is C24H22N6O2S2. The predicted molar refractivity (Wildman–Crippen MR) is 136 cm³/mol. The van der Waals surface area contributed by atoms with Crippen LogP contribution in [0.1, 0.15) is 37.9 Å². The number of amides is 1. The molecule has 0 bridgehead atoms. The number of benzene rings is 2. The predicted octanol–water partition coefficient (Wildman–Crippen LogP) is 4.86. The summed E-state index contributed by atoms with van der Waals surface area (Å²) in [6.45, 7) is 5.67. The van der Waals surface area contributed by atoms with Crippen LogP contribution < -0.4 is 10.9 Å². The van der Waals surface area contributed by atoms with Gasteiger partial charge in [-0.1, -0.05) is 55.9 Å². The maximum Gasteiger partial charge on any atom is 0.267 e. The van der Waals surface area contributed by atoms with Gasteiger partial charge >= 0.3 is 0 Å². The SMILES string of the molecule is CC(=O)Nc1nc(CSc2nnc3n(-c4ccccc4C(C)C)c(=O)c4ccccc4n23)cs1. The number of nitrogens with one attached hydrogen (secondary N) is 1. The molecule has 10 heteroatoms. The van der Waals surface area contributed by atoms with Gasteiger partial charge in [0.05, 0.1) is 22.3 Å². The smallest absolute Gasteiger partial charge is 0.267 e. The number of nitrogens with zero attached hydrogens (tertiary/aromatic N) is 5. The van der Waals surface area contributed by atoms with Crippen LogP contribution in [0.5, 0.6) is 0 Å². The molecule has 0 unspecified atom stereocenters. The fourth-order valence-corrected chi connectivity index (χ4v) is 5.58. The molecule has 0 aliphatic rings. The van der Waals surface area contributed by atoms with Crippen molar-refractivity contribution in [1.82, 2.24) is 24.1 Å². The van der Waals surface area contributed by atoms with Crippen LogP contribution >= 0.6 is 23.1 Å². The number of thiazole rings is 1. The van der Waals surface area contributed by atoms with Crippen molar-refractivity contribution in [2.24, 2.45) is 0 Å². The fraction of sp³-hybridized carbons (Fsp3) is 0.208. The van der Waals surface area contributed by atoms with E-state index in [1.165, 1.54) is 30.0 Å². The van der Waals surface area contributed by atoms with Gasteiger partial charge < -0.3 is 5.32 Å². The molecule has 0 radical (unpaired) electrons. The zero-order chi connectivity index (χ0) is 23.8. The lowest BCUT2D eigenvalue weighted by Crippen LogP contribution is -2.23. The molecule has 1 amide bonds. The topological polar surface area (TPSA) is 94.2 Å². The van der Waals surface area contributed by atoms with Crippen molar-refractivity contribution in [3.8, 4) is 5.69 Å². The number of anilines is 1. The Morgan fingerprint density at radius 1 is 1.12 bits per heavy atom. The minimum atomic E-state index is -0.150. The molecule has 0 fully saturated rings. The molecule has 5 aromatic rings. The molecule has 0 aliphatic carbocycles. The summed E-state index contributed by atoms with van der Waals surface area (Å²) in [5.74, 6) is 1.10. The van der Waals surface area contributed by atoms with Crippen molar-refractivity contribution in [2.75, 3.05) is 5.32 Å². The quantitative estimate of drug-likeness (QED) is 0.342. The van der Waals surface area contributed by atoms with Gasteiger partial charge in [-0.2, -0.15) is 0 Å². The Bertz CT molecular complexity index is 1580. The summed E-state index contributed by atoms with van der Waals surface area (Å²) in [5.41, 5.74) is 3.33. The van der Waals surface area contributed by atoms with E-state index in [4.69, 9.17) is 0 Å². The number of aromatic nitrogens is 5. The first-order chi connectivity index (χ1) is 16.4. The standard InChI is InChI=1S/C24H22N6O2S2/c1-14(2)17-8-4-6-10-19(17)29-21(32)18-9-5-7-11-20(18)30-23(29)27-28-24(30)34-13-16-12-33-22(26-16)25-15(3)31/h4-12,14H,13H2,1-3H3,(H,25,26,31). The van der Waals surface area contributed by atoms with E-state index in [0.717, 1.165) is 22.5 Å². The van der Waals surface area contributed by atoms with Crippen LogP contribution in [-0.2, 0) is 10.5 Å². The van der Waals surface area contributed by atoms with Crippen molar-refractivity contribution >= 4 is 50.8 Å². The van der Waals surface area contributed by atoms with E-state index in [2.05, 4.69) is 34.3 Å². The first kappa shape index (κ1) is 22.3. The molecular weight excluding hydrogens is 468 g/mol. The second kappa shape index (κ2) is 9.03. The number of carbonyl (C=O) groups is 1. The molecule has 172 valence electrons. The third-order valence-corrected chi connectivity index (χ3v) is 7.15. The fourth-order valence-electron chi connectivity index (χ4n) is 3.89. The third kappa shape index (κ3) is 3.99. The van der Waals surface area contributed by atoms with E-state index in [0.29, 0.717) is 27.2 Å². The first-order valence-electron chi connectivity index (χ1n) is 10.8. The third-order valence-electron chi connectivity index (χ3n) is 5.38. The lowest BCUT2D eigenvalue weighted by molar-refractivity contribution is -0.114. The van der Waals surface area contributed by atoms with Gasteiger partial charge in [-0.3, -0.25) is 14.0 Å². The van der Waals surface area contributed by atoms with Crippen LogP contribution in [0.2, 0.25) is 0 Å². The van der Waals surface area contributed by atoms with Crippen LogP contribution in [0, 0.1) is 0 Å². The van der Waals surface area contributed by atoms with E-state index in [1.54, 1.807) is 4.57 Å². The van der Waals surface area contributed by atoms with Gasteiger partial charge in [-0.05, 0) is 29.7 Å². The summed E-state index contributed by atoms with van der Waals surface area (Å²) >= 11 is 2.86. The summed E-state index contributed by atoms with van der Waals surface area (Å²) in [5, 5.41) is 15.3. The molecule has 0 saturated heterocycles. The lowest BCUT2D eigenvalue weighted by atomic mass is 10.0. The molecule has 8 nitrogen and oxygen atoms in total. The summed E-state index contributed by atoms with van der Waals surface area (Å²) < 4.78 is 3.59. The zero-order valence-electron chi connectivity index (χ0n) is 18.8. The van der Waals surface area contributed by atoms with Crippen molar-refractivity contribution in [2.45, 2.75) is 37.6 Å². The minimum absolute atomic E-state index is 0.125. The van der Waals surface area contributed by atoms with Crippen molar-refractivity contribution in [3.05, 3.63) is 75.5 Å². The molecule has 5 rings (SSSR count). The Morgan fingerprint density at radius 3 is 2.68 bits per heavy atom. The Labute approximate surface area is 203 Å². The molecule has 2 aromatic carbocycles. The van der Waals surface area contributed by atoms with E-state index in [-0.39, 0.29) is 17.4 Å². The molecule has 0 saturated carbocycles. The van der Waals surface area contributed by atoms with Crippen LogP contribution in [0.15, 0.2) is 63.9 Å². The van der Waals surface area contributed by atoms with Crippen LogP contribution in [0.25, 0.3) is 22.4 Å². The second-order valence-corrected chi connectivity index (χ2v) is 9.90. The summed E-state index contributed by atoms with van der Waals surface area (Å²) in [4.78, 5) is 29.4. The average Bonchev–Trinajstić information content (AvgIpc) is 3.44. The van der Waals surface area contributed by atoms with Crippen LogP contribution in [0.4, 0.5) is 5.13 Å². The van der Waals surface area contributed by atoms with Gasteiger partial charge in [0.15, 0.2) is 10.3 Å². The molecule has 1 N–H and O–H groups in total. The average molecular weight is 491 g/mol. The molecule has 0 atom stereocenters. The van der Waals surface area contributed by atoms with Gasteiger partial charge in [0.2, 0.25) is 11.7 Å². The summed E-state index contributed by atoms with van der Waals surface area (Å²) in [7, 11) is 0. The Morgan fingerprint density at radius 2 is 1.88 bits per heavy atom. The highest BCUT2D eigenvalue weighted by molar-refractivity contribution is 7.98. The van der Waals surface area contributed by atoms with Crippen molar-refractivity contribution in [1.29, 1.82) is 0 Å². The number of hydrogen-bond acceptors (Lipinski definition) is 7. The number of fused-ring (bicyclic) bond motifs is 3. The monoisotopic (exact) mass is 490 g/mol. The van der Waals surface area contributed by atoms with Crippen molar-refractivity contribution in [3.63, 3.8) is 0 Å². The van der Waals surface area contributed by atoms with Crippen LogP contribution in [-0.4, -0.2) is 30.1 Å². The van der Waals surface area contributed by atoms with E-state index < -0.39 is 0 Å².